The highest BCUT2D eigenvalue weighted by molar-refractivity contribution is 6.29. The molecule has 0 radical (unpaired) electrons. The summed E-state index contributed by atoms with van der Waals surface area (Å²) >= 11 is 5.64. The van der Waals surface area contributed by atoms with Gasteiger partial charge in [0, 0.05) is 25.1 Å². The van der Waals surface area contributed by atoms with E-state index in [-0.39, 0.29) is 16.9 Å². The third kappa shape index (κ3) is 3.11. The molecule has 1 amide bonds. The number of nitrogens with zero attached hydrogens (tertiary/aromatic N) is 3. The van der Waals surface area contributed by atoms with Gasteiger partial charge in [0.2, 0.25) is 0 Å². The molecule has 0 unspecified atom stereocenters. The quantitative estimate of drug-likeness (QED) is 0.803. The molecule has 0 spiro atoms. The second-order valence-corrected chi connectivity index (χ2v) is 4.65. The van der Waals surface area contributed by atoms with Crippen LogP contribution in [0, 0.1) is 0 Å². The lowest BCUT2D eigenvalue weighted by atomic mass is 10.2. The van der Waals surface area contributed by atoms with Crippen molar-refractivity contribution >= 4 is 17.5 Å². The first-order valence-electron chi connectivity index (χ1n) is 6.19. The summed E-state index contributed by atoms with van der Waals surface area (Å²) in [7, 11) is 0. The monoisotopic (exact) mass is 302 g/mol. The number of hydrogen-bond acceptors (Lipinski definition) is 4. The molecule has 3 aromatic rings. The number of pyridine rings is 1. The van der Waals surface area contributed by atoms with E-state index in [0.29, 0.717) is 6.54 Å². The molecule has 0 aliphatic heterocycles. The normalized spacial score (nSPS) is 10.5. The van der Waals surface area contributed by atoms with Crippen molar-refractivity contribution in [2.45, 2.75) is 6.54 Å². The Kier molecular flexibility index (Phi) is 3.70. The van der Waals surface area contributed by atoms with E-state index in [1.54, 1.807) is 29.5 Å². The number of amides is 1. The summed E-state index contributed by atoms with van der Waals surface area (Å²) in [6.07, 6.45) is 6.82. The molecule has 0 saturated carbocycles. The van der Waals surface area contributed by atoms with Crippen LogP contribution < -0.4 is 5.32 Å². The van der Waals surface area contributed by atoms with E-state index in [4.69, 9.17) is 16.0 Å². The number of nitrogens with one attached hydrogen (secondary N) is 1. The summed E-state index contributed by atoms with van der Waals surface area (Å²) in [5.41, 5.74) is 0.916. The van der Waals surface area contributed by atoms with Gasteiger partial charge in [-0.15, -0.1) is 0 Å². The lowest BCUT2D eigenvalue weighted by Crippen LogP contribution is -2.22. The number of imidazole rings is 1. The predicted molar refractivity (Wildman–Crippen MR) is 76.2 cm³/mol. The second-order valence-electron chi connectivity index (χ2n) is 4.28. The van der Waals surface area contributed by atoms with Gasteiger partial charge in [0.05, 0.1) is 0 Å². The van der Waals surface area contributed by atoms with Gasteiger partial charge < -0.3 is 9.73 Å². The van der Waals surface area contributed by atoms with Crippen LogP contribution in [0.25, 0.3) is 5.82 Å². The number of rotatable bonds is 4. The number of furan rings is 1. The molecule has 6 nitrogen and oxygen atoms in total. The Bertz CT molecular complexity index is 752. The van der Waals surface area contributed by atoms with E-state index in [1.807, 2.05) is 12.1 Å². The van der Waals surface area contributed by atoms with Gasteiger partial charge in [0.15, 0.2) is 11.0 Å². The van der Waals surface area contributed by atoms with E-state index in [0.717, 1.165) is 11.4 Å². The number of halogens is 1. The van der Waals surface area contributed by atoms with Gasteiger partial charge >= 0.3 is 0 Å². The molecule has 0 aliphatic carbocycles. The molecular weight excluding hydrogens is 292 g/mol. The first-order valence-corrected chi connectivity index (χ1v) is 6.57. The van der Waals surface area contributed by atoms with Gasteiger partial charge in [0.1, 0.15) is 12.1 Å². The maximum absolute atomic E-state index is 11.9. The number of carbonyl (C=O) groups excluding carboxylic acids is 1. The highest BCUT2D eigenvalue weighted by Gasteiger charge is 2.10. The highest BCUT2D eigenvalue weighted by atomic mass is 35.5. The Morgan fingerprint density at radius 3 is 2.95 bits per heavy atom. The van der Waals surface area contributed by atoms with Crippen molar-refractivity contribution in [2.75, 3.05) is 0 Å². The van der Waals surface area contributed by atoms with Crippen LogP contribution in [0.15, 0.2) is 53.6 Å². The first kappa shape index (κ1) is 13.4. The molecule has 0 aliphatic rings. The number of hydrogen-bond donors (Lipinski definition) is 1. The third-order valence-corrected chi connectivity index (χ3v) is 3.03. The molecule has 3 aromatic heterocycles. The zero-order valence-electron chi connectivity index (χ0n) is 10.9. The Morgan fingerprint density at radius 1 is 1.33 bits per heavy atom. The summed E-state index contributed by atoms with van der Waals surface area (Å²) in [4.78, 5) is 20.1. The van der Waals surface area contributed by atoms with Crippen LogP contribution in [0.3, 0.4) is 0 Å². The summed E-state index contributed by atoms with van der Waals surface area (Å²) in [6, 6.07) is 6.76. The molecule has 1 N–H and O–H groups in total. The molecule has 3 heterocycles. The van der Waals surface area contributed by atoms with Gasteiger partial charge in [-0.1, -0.05) is 0 Å². The van der Waals surface area contributed by atoms with E-state index in [9.17, 15) is 4.79 Å². The van der Waals surface area contributed by atoms with Crippen LogP contribution in [-0.2, 0) is 6.54 Å². The zero-order valence-corrected chi connectivity index (χ0v) is 11.6. The Morgan fingerprint density at radius 2 is 2.24 bits per heavy atom. The molecule has 0 saturated heterocycles. The van der Waals surface area contributed by atoms with Crippen molar-refractivity contribution in [3.05, 3.63) is 65.7 Å². The van der Waals surface area contributed by atoms with Crippen LogP contribution in [0.2, 0.25) is 5.22 Å². The fourth-order valence-corrected chi connectivity index (χ4v) is 1.96. The van der Waals surface area contributed by atoms with E-state index >= 15 is 0 Å². The van der Waals surface area contributed by atoms with Crippen LogP contribution in [0.5, 0.6) is 0 Å². The van der Waals surface area contributed by atoms with E-state index in [2.05, 4.69) is 15.3 Å². The molecule has 3 rings (SSSR count). The van der Waals surface area contributed by atoms with Crippen molar-refractivity contribution in [3.63, 3.8) is 0 Å². The first-order chi connectivity index (χ1) is 10.2. The van der Waals surface area contributed by atoms with Crippen molar-refractivity contribution in [2.24, 2.45) is 0 Å². The molecule has 0 aromatic carbocycles. The fourth-order valence-electron chi connectivity index (χ4n) is 1.81. The SMILES string of the molecule is O=C(NCc1ccnc(-n2ccnc2)c1)c1ccc(Cl)o1. The maximum atomic E-state index is 11.9. The molecule has 0 bridgehead atoms. The van der Waals surface area contributed by atoms with E-state index < -0.39 is 0 Å². The smallest absolute Gasteiger partial charge is 0.287 e. The topological polar surface area (TPSA) is 73.0 Å². The van der Waals surface area contributed by atoms with Gasteiger partial charge in [-0.25, -0.2) is 9.97 Å². The summed E-state index contributed by atoms with van der Waals surface area (Å²) < 4.78 is 6.83. The van der Waals surface area contributed by atoms with Crippen LogP contribution >= 0.6 is 11.6 Å². The third-order valence-electron chi connectivity index (χ3n) is 2.83. The lowest BCUT2D eigenvalue weighted by Gasteiger charge is -2.06. The lowest BCUT2D eigenvalue weighted by molar-refractivity contribution is 0.0923. The van der Waals surface area contributed by atoms with Crippen LogP contribution in [0.1, 0.15) is 16.1 Å². The maximum Gasteiger partial charge on any atom is 0.287 e. The minimum Gasteiger partial charge on any atom is -0.440 e. The van der Waals surface area contributed by atoms with Gasteiger partial charge in [-0.05, 0) is 41.4 Å². The molecule has 0 atom stereocenters. The molecular formula is C14H11ClN4O2. The molecule has 21 heavy (non-hydrogen) atoms. The molecule has 106 valence electrons. The standard InChI is InChI=1S/C14H11ClN4O2/c15-12-2-1-11(21-12)14(20)18-8-10-3-4-17-13(7-10)19-6-5-16-9-19/h1-7,9H,8H2,(H,18,20). The Hall–Kier alpha value is -2.60. The summed E-state index contributed by atoms with van der Waals surface area (Å²) in [5, 5.41) is 2.94. The summed E-state index contributed by atoms with van der Waals surface area (Å²) in [5.74, 6) is 0.604. The van der Waals surface area contributed by atoms with Gasteiger partial charge in [-0.3, -0.25) is 9.36 Å². The van der Waals surface area contributed by atoms with Gasteiger partial charge in [0.25, 0.3) is 5.91 Å². The van der Waals surface area contributed by atoms with Crippen molar-refractivity contribution in [1.29, 1.82) is 0 Å². The Labute approximate surface area is 125 Å². The largest absolute Gasteiger partial charge is 0.440 e. The molecule has 0 fully saturated rings. The van der Waals surface area contributed by atoms with Crippen molar-refractivity contribution < 1.29 is 9.21 Å². The highest BCUT2D eigenvalue weighted by Crippen LogP contribution is 2.13. The fraction of sp³-hybridized carbons (Fsp3) is 0.0714. The minimum absolute atomic E-state index is 0.184. The van der Waals surface area contributed by atoms with Crippen molar-refractivity contribution in [3.8, 4) is 5.82 Å². The summed E-state index contributed by atoms with van der Waals surface area (Å²) in [6.45, 7) is 0.362. The number of aromatic nitrogens is 3. The predicted octanol–water partition coefficient (Wildman–Crippen LogP) is 2.44. The van der Waals surface area contributed by atoms with Gasteiger partial charge in [-0.2, -0.15) is 0 Å². The van der Waals surface area contributed by atoms with Crippen LogP contribution in [0.4, 0.5) is 0 Å². The number of carbonyl (C=O) groups is 1. The zero-order chi connectivity index (χ0) is 14.7. The Balaban J connectivity index is 1.68. The van der Waals surface area contributed by atoms with Crippen LogP contribution in [-0.4, -0.2) is 20.4 Å². The van der Waals surface area contributed by atoms with E-state index in [1.165, 1.54) is 12.1 Å². The second kappa shape index (κ2) is 5.80. The average Bonchev–Trinajstić information content (AvgIpc) is 3.16. The minimum atomic E-state index is -0.317. The molecule has 7 heteroatoms. The van der Waals surface area contributed by atoms with Crippen molar-refractivity contribution in [1.82, 2.24) is 19.9 Å². The average molecular weight is 303 g/mol.